The molecule has 0 N–H and O–H groups in total. The summed E-state index contributed by atoms with van der Waals surface area (Å²) >= 11 is 1.09. The molecule has 6 aromatic rings. The number of alkyl halides is 3. The van der Waals surface area contributed by atoms with E-state index >= 15 is 13.2 Å². The van der Waals surface area contributed by atoms with E-state index in [-0.39, 0.29) is 21.4 Å². The number of halogens is 3. The Labute approximate surface area is 262 Å². The van der Waals surface area contributed by atoms with Gasteiger partial charge in [-0.3, -0.25) is 0 Å². The van der Waals surface area contributed by atoms with E-state index in [4.69, 9.17) is 9.40 Å². The van der Waals surface area contributed by atoms with Gasteiger partial charge in [0.2, 0.25) is 0 Å². The molecule has 0 unspecified atom stereocenters. The molecule has 4 nitrogen and oxygen atoms in total. The van der Waals surface area contributed by atoms with E-state index in [0.29, 0.717) is 15.8 Å². The zero-order chi connectivity index (χ0) is 31.5. The third kappa shape index (κ3) is 4.25. The molecule has 2 aliphatic heterocycles. The predicted molar refractivity (Wildman–Crippen MR) is 177 cm³/mol. The van der Waals surface area contributed by atoms with Crippen molar-refractivity contribution in [2.75, 3.05) is 18.0 Å². The third-order valence-corrected chi connectivity index (χ3v) is 10.9. The van der Waals surface area contributed by atoms with Gasteiger partial charge in [-0.1, -0.05) is 76.2 Å². The maximum atomic E-state index is 15.3. The molecule has 0 spiro atoms. The van der Waals surface area contributed by atoms with Crippen molar-refractivity contribution in [3.8, 4) is 21.7 Å². The second-order valence-electron chi connectivity index (χ2n) is 13.6. The molecule has 8 rings (SSSR count). The SMILES string of the molecule is CC1(C)CCN2CCC(C)(C)c3c2c1cc1c(C(F)(F)F)c(-c2nc4c(ccc5cc(-c6ccccc6)ccc54)s2)c(=O)oc31. The van der Waals surface area contributed by atoms with Crippen molar-refractivity contribution < 1.29 is 17.6 Å². The zero-order valence-electron chi connectivity index (χ0n) is 25.4. The van der Waals surface area contributed by atoms with Gasteiger partial charge in [-0.2, -0.15) is 13.2 Å². The Morgan fingerprint density at radius 2 is 1.60 bits per heavy atom. The van der Waals surface area contributed by atoms with Gasteiger partial charge in [-0.25, -0.2) is 9.78 Å². The highest BCUT2D eigenvalue weighted by Crippen LogP contribution is 2.54. The van der Waals surface area contributed by atoms with Crippen LogP contribution in [0.15, 0.2) is 75.9 Å². The summed E-state index contributed by atoms with van der Waals surface area (Å²) in [5, 5.41) is 1.68. The number of fused-ring (bicyclic) bond motifs is 5. The molecule has 2 aromatic heterocycles. The molecule has 4 heterocycles. The molecular weight excluding hydrogens is 593 g/mol. The van der Waals surface area contributed by atoms with Crippen LogP contribution >= 0.6 is 11.3 Å². The van der Waals surface area contributed by atoms with Gasteiger partial charge < -0.3 is 9.32 Å². The van der Waals surface area contributed by atoms with Crippen molar-refractivity contribution >= 4 is 49.0 Å². The molecule has 228 valence electrons. The summed E-state index contributed by atoms with van der Waals surface area (Å²) in [6, 6.07) is 21.4. The number of benzene rings is 4. The van der Waals surface area contributed by atoms with Crippen molar-refractivity contribution in [1.82, 2.24) is 4.98 Å². The lowest BCUT2D eigenvalue weighted by Crippen LogP contribution is -2.45. The molecule has 45 heavy (non-hydrogen) atoms. The monoisotopic (exact) mass is 624 g/mol. The van der Waals surface area contributed by atoms with Gasteiger partial charge in [0, 0.05) is 35.1 Å². The van der Waals surface area contributed by atoms with Gasteiger partial charge in [0.15, 0.2) is 0 Å². The minimum absolute atomic E-state index is 0.0131. The first-order valence-corrected chi connectivity index (χ1v) is 16.1. The predicted octanol–water partition coefficient (Wildman–Crippen LogP) is 10.1. The largest absolute Gasteiger partial charge is 0.422 e. The number of hydrogen-bond acceptors (Lipinski definition) is 5. The van der Waals surface area contributed by atoms with E-state index in [1.165, 1.54) is 0 Å². The molecule has 0 fully saturated rings. The fourth-order valence-electron chi connectivity index (χ4n) is 7.35. The van der Waals surface area contributed by atoms with Crippen molar-refractivity contribution in [1.29, 1.82) is 0 Å². The Kier molecular flexibility index (Phi) is 5.93. The molecule has 0 radical (unpaired) electrons. The standard InChI is InChI=1S/C37H31F3N2O2S/c1-35(2)14-16-42-17-15-36(3,4)29-31(42)25(35)19-24-28(37(38,39)40)27(34(43)44-32(24)29)33-41-30-23-12-10-21(20-8-6-5-7-9-20)18-22(23)11-13-26(30)45-33/h5-13,18-19H,14-17H2,1-4H3. The maximum absolute atomic E-state index is 15.3. The maximum Gasteiger partial charge on any atom is 0.418 e. The van der Waals surface area contributed by atoms with Crippen molar-refractivity contribution in [3.63, 3.8) is 0 Å². The number of rotatable bonds is 2. The van der Waals surface area contributed by atoms with E-state index in [0.717, 1.165) is 70.4 Å². The van der Waals surface area contributed by atoms with Crippen LogP contribution in [0.3, 0.4) is 0 Å². The average molecular weight is 625 g/mol. The molecular formula is C37H31F3N2O2S. The smallest absolute Gasteiger partial charge is 0.418 e. The Morgan fingerprint density at radius 3 is 2.33 bits per heavy atom. The Balaban J connectivity index is 1.41. The summed E-state index contributed by atoms with van der Waals surface area (Å²) in [7, 11) is 0. The van der Waals surface area contributed by atoms with Gasteiger partial charge in [0.1, 0.15) is 16.2 Å². The summed E-state index contributed by atoms with van der Waals surface area (Å²) < 4.78 is 52.6. The first-order chi connectivity index (χ1) is 21.3. The lowest BCUT2D eigenvalue weighted by molar-refractivity contribution is -0.136. The fraction of sp³-hybridized carbons (Fsp3) is 0.297. The molecule has 0 atom stereocenters. The van der Waals surface area contributed by atoms with Crippen LogP contribution < -0.4 is 10.5 Å². The van der Waals surface area contributed by atoms with Crippen LogP contribution in [0.25, 0.3) is 53.7 Å². The van der Waals surface area contributed by atoms with E-state index in [1.807, 2.05) is 68.4 Å². The lowest BCUT2D eigenvalue weighted by atomic mass is 9.69. The number of aromatic nitrogens is 1. The third-order valence-electron chi connectivity index (χ3n) is 9.88. The molecule has 4 aromatic carbocycles. The summed E-state index contributed by atoms with van der Waals surface area (Å²) in [4.78, 5) is 20.8. The number of nitrogens with zero attached hydrogens (tertiary/aromatic N) is 2. The molecule has 8 heteroatoms. The van der Waals surface area contributed by atoms with Gasteiger partial charge >= 0.3 is 11.8 Å². The van der Waals surface area contributed by atoms with Gasteiger partial charge in [0.25, 0.3) is 0 Å². The van der Waals surface area contributed by atoms with Gasteiger partial charge in [-0.15, -0.1) is 11.3 Å². The first-order valence-electron chi connectivity index (χ1n) is 15.2. The average Bonchev–Trinajstić information content (AvgIpc) is 3.43. The second kappa shape index (κ2) is 9.42. The Morgan fingerprint density at radius 1 is 0.867 bits per heavy atom. The van der Waals surface area contributed by atoms with Crippen molar-refractivity contribution in [2.24, 2.45) is 0 Å². The number of hydrogen-bond donors (Lipinski definition) is 0. The molecule has 2 aliphatic rings. The number of anilines is 1. The summed E-state index contributed by atoms with van der Waals surface area (Å²) in [5.74, 6) is 0. The molecule has 0 saturated heterocycles. The van der Waals surface area contributed by atoms with Crippen molar-refractivity contribution in [3.05, 3.63) is 93.8 Å². The van der Waals surface area contributed by atoms with Gasteiger partial charge in [-0.05, 0) is 63.9 Å². The van der Waals surface area contributed by atoms with Crippen LogP contribution in [0.2, 0.25) is 0 Å². The van der Waals surface area contributed by atoms with Gasteiger partial charge in [0.05, 0.1) is 15.8 Å². The van der Waals surface area contributed by atoms with Crippen LogP contribution in [0.1, 0.15) is 57.2 Å². The molecule has 0 amide bonds. The quantitative estimate of drug-likeness (QED) is 0.180. The molecule has 0 saturated carbocycles. The normalized spacial score (nSPS) is 17.3. The lowest BCUT2D eigenvalue weighted by Gasteiger charge is -2.48. The minimum atomic E-state index is -4.81. The minimum Gasteiger partial charge on any atom is -0.422 e. The number of thiazole rings is 1. The van der Waals surface area contributed by atoms with Crippen LogP contribution in [-0.4, -0.2) is 18.1 Å². The second-order valence-corrected chi connectivity index (χ2v) is 14.7. The fourth-order valence-corrected chi connectivity index (χ4v) is 8.37. The van der Waals surface area contributed by atoms with Crippen LogP contribution in [-0.2, 0) is 17.0 Å². The van der Waals surface area contributed by atoms with Crippen LogP contribution in [0, 0.1) is 0 Å². The summed E-state index contributed by atoms with van der Waals surface area (Å²) in [5.41, 5.74) is 1.92. The van der Waals surface area contributed by atoms with Crippen molar-refractivity contribution in [2.45, 2.75) is 57.5 Å². The summed E-state index contributed by atoms with van der Waals surface area (Å²) in [6.07, 6.45) is -3.23. The topological polar surface area (TPSA) is 46.3 Å². The zero-order valence-corrected chi connectivity index (χ0v) is 26.2. The highest BCUT2D eigenvalue weighted by Gasteiger charge is 2.45. The first kappa shape index (κ1) is 28.3. The van der Waals surface area contributed by atoms with E-state index < -0.39 is 28.3 Å². The Bertz CT molecular complexity index is 2240. The highest BCUT2D eigenvalue weighted by atomic mass is 32.1. The Hall–Kier alpha value is -4.17. The molecule has 0 bridgehead atoms. The van der Waals surface area contributed by atoms with E-state index in [9.17, 15) is 4.79 Å². The highest BCUT2D eigenvalue weighted by molar-refractivity contribution is 7.21. The van der Waals surface area contributed by atoms with E-state index in [2.05, 4.69) is 24.8 Å². The van der Waals surface area contributed by atoms with E-state index in [1.54, 1.807) is 6.07 Å². The van der Waals surface area contributed by atoms with Crippen LogP contribution in [0.5, 0.6) is 0 Å². The molecule has 0 aliphatic carbocycles. The van der Waals surface area contributed by atoms with Crippen LogP contribution in [0.4, 0.5) is 18.9 Å². The summed E-state index contributed by atoms with van der Waals surface area (Å²) in [6.45, 7) is 9.87.